The molecule has 6 heteroatoms. The van der Waals surface area contributed by atoms with E-state index in [2.05, 4.69) is 10.3 Å². The first kappa shape index (κ1) is 13.9. The number of rotatable bonds is 2. The third kappa shape index (κ3) is 2.88. The minimum Gasteiger partial charge on any atom is -0.380 e. The molecule has 3 N–H and O–H groups in total. The van der Waals surface area contributed by atoms with Crippen molar-refractivity contribution in [2.24, 2.45) is 5.73 Å². The van der Waals surface area contributed by atoms with Crippen molar-refractivity contribution in [2.75, 3.05) is 18.4 Å². The number of primary amides is 1. The summed E-state index contributed by atoms with van der Waals surface area (Å²) in [6.45, 7) is 1.37. The Hall–Kier alpha value is -2.01. The highest BCUT2D eigenvalue weighted by molar-refractivity contribution is 6.35. The van der Waals surface area contributed by atoms with Crippen molar-refractivity contribution in [2.45, 2.75) is 18.9 Å². The van der Waals surface area contributed by atoms with E-state index in [4.69, 9.17) is 17.3 Å². The molecular formula is C15H17ClN4O. The molecule has 0 atom stereocenters. The molecule has 2 amide bonds. The molecule has 1 aromatic heterocycles. The van der Waals surface area contributed by atoms with Crippen molar-refractivity contribution >= 4 is 34.2 Å². The Morgan fingerprint density at radius 1 is 1.33 bits per heavy atom. The Labute approximate surface area is 128 Å². The molecule has 0 spiro atoms. The first-order valence-corrected chi connectivity index (χ1v) is 7.37. The summed E-state index contributed by atoms with van der Waals surface area (Å²) in [5.74, 6) is 0. The Morgan fingerprint density at radius 2 is 2.10 bits per heavy atom. The fraction of sp³-hybridized carbons (Fsp3) is 0.333. The normalized spacial score (nSPS) is 16.1. The molecule has 2 aromatic rings. The number of carbonyl (C=O) groups excluding carboxylic acids is 1. The molecule has 21 heavy (non-hydrogen) atoms. The molecular weight excluding hydrogens is 288 g/mol. The first-order valence-electron chi connectivity index (χ1n) is 6.99. The fourth-order valence-corrected chi connectivity index (χ4v) is 2.93. The summed E-state index contributed by atoms with van der Waals surface area (Å²) in [5, 5.41) is 5.16. The molecule has 1 saturated heterocycles. The van der Waals surface area contributed by atoms with E-state index in [9.17, 15) is 4.79 Å². The molecule has 1 aliphatic rings. The highest BCUT2D eigenvalue weighted by atomic mass is 35.5. The Balaban J connectivity index is 1.77. The van der Waals surface area contributed by atoms with E-state index >= 15 is 0 Å². The molecule has 0 saturated carbocycles. The maximum absolute atomic E-state index is 11.1. The number of nitrogens with one attached hydrogen (secondary N) is 1. The number of nitrogens with zero attached hydrogens (tertiary/aromatic N) is 2. The number of benzene rings is 1. The summed E-state index contributed by atoms with van der Waals surface area (Å²) in [7, 11) is 0. The standard InChI is InChI=1S/C15H17ClN4O/c16-12-3-4-13(14-11(12)2-1-7-18-14)19-10-5-8-20(9-6-10)15(17)21/h1-4,7,10,19H,5-6,8-9H2,(H2,17,21). The van der Waals surface area contributed by atoms with Gasteiger partial charge in [-0.15, -0.1) is 0 Å². The van der Waals surface area contributed by atoms with Crippen molar-refractivity contribution in [3.05, 3.63) is 35.5 Å². The summed E-state index contributed by atoms with van der Waals surface area (Å²) in [6.07, 6.45) is 3.51. The number of aromatic nitrogens is 1. The maximum Gasteiger partial charge on any atom is 0.314 e. The van der Waals surface area contributed by atoms with Gasteiger partial charge in [0.25, 0.3) is 0 Å². The Morgan fingerprint density at radius 3 is 2.81 bits per heavy atom. The zero-order chi connectivity index (χ0) is 14.8. The SMILES string of the molecule is NC(=O)N1CCC(Nc2ccc(Cl)c3cccnc23)CC1. The van der Waals surface area contributed by atoms with Crippen molar-refractivity contribution in [1.29, 1.82) is 0 Å². The zero-order valence-corrected chi connectivity index (χ0v) is 12.3. The smallest absolute Gasteiger partial charge is 0.314 e. The third-order valence-electron chi connectivity index (χ3n) is 3.88. The number of nitrogens with two attached hydrogens (primary N) is 1. The van der Waals surface area contributed by atoms with Gasteiger partial charge < -0.3 is 16.0 Å². The van der Waals surface area contributed by atoms with Crippen molar-refractivity contribution in [3.63, 3.8) is 0 Å². The second kappa shape index (κ2) is 5.77. The van der Waals surface area contributed by atoms with Gasteiger partial charge in [0.2, 0.25) is 0 Å². The molecule has 0 unspecified atom stereocenters. The van der Waals surface area contributed by atoms with E-state index in [0.717, 1.165) is 29.4 Å². The van der Waals surface area contributed by atoms with Crippen LogP contribution < -0.4 is 11.1 Å². The second-order valence-corrected chi connectivity index (χ2v) is 5.65. The molecule has 3 rings (SSSR count). The van der Waals surface area contributed by atoms with Gasteiger partial charge in [0.1, 0.15) is 0 Å². The van der Waals surface area contributed by atoms with Crippen LogP contribution in [0.25, 0.3) is 10.9 Å². The number of piperidine rings is 1. The van der Waals surface area contributed by atoms with Gasteiger partial charge in [-0.1, -0.05) is 11.6 Å². The number of hydrogen-bond donors (Lipinski definition) is 2. The Bertz CT molecular complexity index is 668. The van der Waals surface area contributed by atoms with Gasteiger partial charge in [-0.05, 0) is 37.1 Å². The zero-order valence-electron chi connectivity index (χ0n) is 11.6. The van der Waals surface area contributed by atoms with Crippen LogP contribution in [-0.4, -0.2) is 35.0 Å². The number of amides is 2. The van der Waals surface area contributed by atoms with E-state index in [1.165, 1.54) is 0 Å². The number of anilines is 1. The van der Waals surface area contributed by atoms with E-state index in [1.807, 2.05) is 24.3 Å². The van der Waals surface area contributed by atoms with Crippen LogP contribution in [-0.2, 0) is 0 Å². The summed E-state index contributed by atoms with van der Waals surface area (Å²) in [4.78, 5) is 17.2. The van der Waals surface area contributed by atoms with Gasteiger partial charge in [0, 0.05) is 30.7 Å². The number of carbonyl (C=O) groups is 1. The van der Waals surface area contributed by atoms with Gasteiger partial charge in [0.15, 0.2) is 0 Å². The lowest BCUT2D eigenvalue weighted by molar-refractivity contribution is 0.193. The number of likely N-dealkylation sites (tertiary alicyclic amines) is 1. The molecule has 1 fully saturated rings. The minimum atomic E-state index is -0.341. The van der Waals surface area contributed by atoms with Crippen LogP contribution in [0.2, 0.25) is 5.02 Å². The molecule has 5 nitrogen and oxygen atoms in total. The van der Waals surface area contributed by atoms with Gasteiger partial charge in [-0.2, -0.15) is 0 Å². The second-order valence-electron chi connectivity index (χ2n) is 5.24. The van der Waals surface area contributed by atoms with E-state index in [0.29, 0.717) is 24.2 Å². The average Bonchev–Trinajstić information content (AvgIpc) is 2.51. The molecule has 2 heterocycles. The summed E-state index contributed by atoms with van der Waals surface area (Å²) < 4.78 is 0. The molecule has 0 bridgehead atoms. The monoisotopic (exact) mass is 304 g/mol. The molecule has 0 aliphatic carbocycles. The summed E-state index contributed by atoms with van der Waals surface area (Å²) in [5.41, 5.74) is 7.15. The largest absolute Gasteiger partial charge is 0.380 e. The average molecular weight is 305 g/mol. The number of halogens is 1. The van der Waals surface area contributed by atoms with E-state index < -0.39 is 0 Å². The van der Waals surface area contributed by atoms with Crippen LogP contribution in [0.3, 0.4) is 0 Å². The predicted octanol–water partition coefficient (Wildman–Crippen LogP) is 2.84. The number of hydrogen-bond acceptors (Lipinski definition) is 3. The lowest BCUT2D eigenvalue weighted by Crippen LogP contribution is -2.44. The first-order chi connectivity index (χ1) is 10.1. The van der Waals surface area contributed by atoms with Gasteiger partial charge in [0.05, 0.1) is 16.2 Å². The van der Waals surface area contributed by atoms with Gasteiger partial charge in [-0.25, -0.2) is 4.79 Å². The number of fused-ring (bicyclic) bond motifs is 1. The topological polar surface area (TPSA) is 71.2 Å². The molecule has 0 radical (unpaired) electrons. The van der Waals surface area contributed by atoms with Crippen LogP contribution in [0.5, 0.6) is 0 Å². The van der Waals surface area contributed by atoms with Crippen LogP contribution in [0, 0.1) is 0 Å². The van der Waals surface area contributed by atoms with Gasteiger partial charge >= 0.3 is 6.03 Å². The quantitative estimate of drug-likeness (QED) is 0.896. The Kier molecular flexibility index (Phi) is 3.84. The maximum atomic E-state index is 11.1. The van der Waals surface area contributed by atoms with Crippen LogP contribution >= 0.6 is 11.6 Å². The predicted molar refractivity (Wildman–Crippen MR) is 84.6 cm³/mol. The summed E-state index contributed by atoms with van der Waals surface area (Å²) >= 11 is 6.20. The third-order valence-corrected chi connectivity index (χ3v) is 4.21. The van der Waals surface area contributed by atoms with Crippen LogP contribution in [0.4, 0.5) is 10.5 Å². The lowest BCUT2D eigenvalue weighted by Gasteiger charge is -2.31. The molecule has 1 aliphatic heterocycles. The number of pyridine rings is 1. The van der Waals surface area contributed by atoms with E-state index in [1.54, 1.807) is 11.1 Å². The number of urea groups is 1. The van der Waals surface area contributed by atoms with Crippen molar-refractivity contribution in [3.8, 4) is 0 Å². The minimum absolute atomic E-state index is 0.312. The lowest BCUT2D eigenvalue weighted by atomic mass is 10.0. The van der Waals surface area contributed by atoms with Crippen LogP contribution in [0.15, 0.2) is 30.5 Å². The van der Waals surface area contributed by atoms with Crippen LogP contribution in [0.1, 0.15) is 12.8 Å². The highest BCUT2D eigenvalue weighted by Gasteiger charge is 2.21. The molecule has 1 aromatic carbocycles. The molecule has 110 valence electrons. The van der Waals surface area contributed by atoms with E-state index in [-0.39, 0.29) is 6.03 Å². The summed E-state index contributed by atoms with van der Waals surface area (Å²) in [6, 6.07) is 7.65. The highest BCUT2D eigenvalue weighted by Crippen LogP contribution is 2.29. The van der Waals surface area contributed by atoms with Crippen molar-refractivity contribution < 1.29 is 4.79 Å². The van der Waals surface area contributed by atoms with Gasteiger partial charge in [-0.3, -0.25) is 4.98 Å². The fourth-order valence-electron chi connectivity index (χ4n) is 2.72. The van der Waals surface area contributed by atoms with Crippen molar-refractivity contribution in [1.82, 2.24) is 9.88 Å².